The van der Waals surface area contributed by atoms with Crippen LogP contribution in [0.15, 0.2) is 36.4 Å². The Balaban J connectivity index is 2.24. The first-order valence-electron chi connectivity index (χ1n) is 7.18. The normalized spacial score (nSPS) is 18.0. The Labute approximate surface area is 124 Å². The van der Waals surface area contributed by atoms with Gasteiger partial charge in [-0.3, -0.25) is 0 Å². The molecule has 0 aromatic heterocycles. The summed E-state index contributed by atoms with van der Waals surface area (Å²) in [5.74, 6) is 0.447. The van der Waals surface area contributed by atoms with E-state index in [1.54, 1.807) is 0 Å². The molecule has 3 heteroatoms. The summed E-state index contributed by atoms with van der Waals surface area (Å²) < 4.78 is 6.03. The first kappa shape index (κ1) is 14.0. The molecule has 3 nitrogen and oxygen atoms in total. The molecule has 0 saturated heterocycles. The summed E-state index contributed by atoms with van der Waals surface area (Å²) in [7, 11) is 0. The summed E-state index contributed by atoms with van der Waals surface area (Å²) in [6.45, 7) is 5.94. The van der Waals surface area contributed by atoms with Crippen molar-refractivity contribution in [3.8, 4) is 11.5 Å². The quantitative estimate of drug-likeness (QED) is 0.609. The van der Waals surface area contributed by atoms with E-state index in [9.17, 15) is 10.2 Å². The SMILES string of the molecule is CC(C)(C)OC1C=CCc2c1c(O)c1ccccc1c2O. The van der Waals surface area contributed by atoms with Crippen molar-refractivity contribution >= 4 is 10.8 Å². The predicted molar refractivity (Wildman–Crippen MR) is 83.7 cm³/mol. The van der Waals surface area contributed by atoms with E-state index in [2.05, 4.69) is 0 Å². The second kappa shape index (κ2) is 4.78. The Morgan fingerprint density at radius 1 is 1.05 bits per heavy atom. The molecule has 1 unspecified atom stereocenters. The van der Waals surface area contributed by atoms with Crippen LogP contribution in [-0.2, 0) is 11.2 Å². The zero-order chi connectivity index (χ0) is 15.2. The Hall–Kier alpha value is -2.00. The average Bonchev–Trinajstić information content (AvgIpc) is 2.43. The summed E-state index contributed by atoms with van der Waals surface area (Å²) >= 11 is 0. The molecule has 0 aliphatic heterocycles. The summed E-state index contributed by atoms with van der Waals surface area (Å²) in [5.41, 5.74) is 1.10. The zero-order valence-corrected chi connectivity index (χ0v) is 12.6. The van der Waals surface area contributed by atoms with Gasteiger partial charge in [0.05, 0.1) is 5.60 Å². The highest BCUT2D eigenvalue weighted by Gasteiger charge is 2.29. The molecule has 1 aliphatic carbocycles. The minimum Gasteiger partial charge on any atom is -0.507 e. The summed E-state index contributed by atoms with van der Waals surface area (Å²) in [4.78, 5) is 0. The Kier molecular flexibility index (Phi) is 3.18. The van der Waals surface area contributed by atoms with E-state index in [1.165, 1.54) is 0 Å². The number of hydrogen-bond donors (Lipinski definition) is 2. The van der Waals surface area contributed by atoms with Gasteiger partial charge in [-0.25, -0.2) is 0 Å². The Morgan fingerprint density at radius 2 is 1.67 bits per heavy atom. The molecule has 0 spiro atoms. The van der Waals surface area contributed by atoms with Gasteiger partial charge in [0.2, 0.25) is 0 Å². The number of phenols is 2. The van der Waals surface area contributed by atoms with Gasteiger partial charge in [-0.1, -0.05) is 36.4 Å². The largest absolute Gasteiger partial charge is 0.507 e. The van der Waals surface area contributed by atoms with Gasteiger partial charge in [0.1, 0.15) is 17.6 Å². The monoisotopic (exact) mass is 284 g/mol. The van der Waals surface area contributed by atoms with Crippen molar-refractivity contribution in [2.45, 2.75) is 38.9 Å². The van der Waals surface area contributed by atoms with Crippen molar-refractivity contribution in [3.63, 3.8) is 0 Å². The standard InChI is InChI=1S/C18H20O3/c1-18(2,3)21-14-10-6-9-13-15(14)17(20)12-8-5-4-7-11(12)16(13)19/h4-8,10,14,19-20H,9H2,1-3H3. The van der Waals surface area contributed by atoms with Gasteiger partial charge in [-0.15, -0.1) is 0 Å². The fraction of sp³-hybridized carbons (Fsp3) is 0.333. The lowest BCUT2D eigenvalue weighted by Crippen LogP contribution is -2.23. The van der Waals surface area contributed by atoms with Gasteiger partial charge in [0.25, 0.3) is 0 Å². The number of ether oxygens (including phenoxy) is 1. The molecule has 2 aromatic carbocycles. The number of phenolic OH excluding ortho intramolecular Hbond substituents is 2. The zero-order valence-electron chi connectivity index (χ0n) is 12.6. The predicted octanol–water partition coefficient (Wildman–Crippen LogP) is 4.22. The maximum atomic E-state index is 10.7. The van der Waals surface area contributed by atoms with Crippen molar-refractivity contribution in [2.75, 3.05) is 0 Å². The molecule has 2 aromatic rings. The van der Waals surface area contributed by atoms with E-state index < -0.39 is 0 Å². The molecule has 1 atom stereocenters. The molecule has 0 radical (unpaired) electrons. The third-order valence-electron chi connectivity index (χ3n) is 3.70. The Bertz CT molecular complexity index is 723. The molecular formula is C18H20O3. The van der Waals surface area contributed by atoms with Gasteiger partial charge < -0.3 is 14.9 Å². The number of allylic oxidation sites excluding steroid dienone is 1. The number of rotatable bonds is 1. The third kappa shape index (κ3) is 2.38. The van der Waals surface area contributed by atoms with Crippen molar-refractivity contribution < 1.29 is 14.9 Å². The van der Waals surface area contributed by atoms with E-state index >= 15 is 0 Å². The van der Waals surface area contributed by atoms with Crippen LogP contribution in [0.4, 0.5) is 0 Å². The van der Waals surface area contributed by atoms with E-state index in [4.69, 9.17) is 4.74 Å². The second-order valence-corrected chi connectivity index (χ2v) is 6.42. The molecule has 3 rings (SSSR count). The van der Waals surface area contributed by atoms with E-state index in [-0.39, 0.29) is 23.2 Å². The maximum Gasteiger partial charge on any atom is 0.130 e. The van der Waals surface area contributed by atoms with Crippen LogP contribution in [0.3, 0.4) is 0 Å². The van der Waals surface area contributed by atoms with Crippen LogP contribution in [0.2, 0.25) is 0 Å². The first-order valence-corrected chi connectivity index (χ1v) is 7.18. The topological polar surface area (TPSA) is 49.7 Å². The van der Waals surface area contributed by atoms with Gasteiger partial charge in [0.15, 0.2) is 0 Å². The Morgan fingerprint density at radius 3 is 2.29 bits per heavy atom. The first-order chi connectivity index (χ1) is 9.88. The minimum absolute atomic E-state index is 0.206. The highest BCUT2D eigenvalue weighted by atomic mass is 16.5. The third-order valence-corrected chi connectivity index (χ3v) is 3.70. The van der Waals surface area contributed by atoms with Crippen molar-refractivity contribution in [1.29, 1.82) is 0 Å². The fourth-order valence-electron chi connectivity index (χ4n) is 2.87. The number of benzene rings is 2. The molecule has 110 valence electrons. The van der Waals surface area contributed by atoms with Gasteiger partial charge in [-0.05, 0) is 27.2 Å². The molecule has 0 amide bonds. The number of fused-ring (bicyclic) bond motifs is 2. The molecule has 21 heavy (non-hydrogen) atoms. The van der Waals surface area contributed by atoms with Crippen LogP contribution >= 0.6 is 0 Å². The van der Waals surface area contributed by atoms with Crippen LogP contribution in [0.5, 0.6) is 11.5 Å². The van der Waals surface area contributed by atoms with Crippen LogP contribution in [-0.4, -0.2) is 15.8 Å². The van der Waals surface area contributed by atoms with Crippen LogP contribution in [0.25, 0.3) is 10.8 Å². The molecule has 0 heterocycles. The van der Waals surface area contributed by atoms with Crippen LogP contribution in [0, 0.1) is 0 Å². The molecule has 0 bridgehead atoms. The summed E-state index contributed by atoms with van der Waals surface area (Å²) in [6.07, 6.45) is 4.18. The van der Waals surface area contributed by atoms with E-state index in [0.29, 0.717) is 22.8 Å². The number of aromatic hydroxyl groups is 2. The lowest BCUT2D eigenvalue weighted by atomic mass is 9.89. The smallest absolute Gasteiger partial charge is 0.130 e. The van der Waals surface area contributed by atoms with Crippen molar-refractivity contribution in [3.05, 3.63) is 47.5 Å². The lowest BCUT2D eigenvalue weighted by Gasteiger charge is -2.30. The summed E-state index contributed by atoms with van der Waals surface area (Å²) in [5, 5.41) is 22.5. The lowest BCUT2D eigenvalue weighted by molar-refractivity contribution is -0.0412. The van der Waals surface area contributed by atoms with E-state index in [1.807, 2.05) is 57.2 Å². The molecule has 0 fully saturated rings. The molecule has 2 N–H and O–H groups in total. The van der Waals surface area contributed by atoms with Gasteiger partial charge in [-0.2, -0.15) is 0 Å². The molecule has 0 saturated carbocycles. The van der Waals surface area contributed by atoms with Crippen LogP contribution in [0.1, 0.15) is 38.0 Å². The van der Waals surface area contributed by atoms with Crippen LogP contribution < -0.4 is 0 Å². The minimum atomic E-state index is -0.343. The number of hydrogen-bond acceptors (Lipinski definition) is 3. The highest BCUT2D eigenvalue weighted by molar-refractivity contribution is 5.96. The fourth-order valence-corrected chi connectivity index (χ4v) is 2.87. The van der Waals surface area contributed by atoms with Gasteiger partial charge >= 0.3 is 0 Å². The highest BCUT2D eigenvalue weighted by Crippen LogP contribution is 2.46. The molecule has 1 aliphatic rings. The summed E-state index contributed by atoms with van der Waals surface area (Å²) in [6, 6.07) is 7.35. The second-order valence-electron chi connectivity index (χ2n) is 6.42. The van der Waals surface area contributed by atoms with Crippen molar-refractivity contribution in [1.82, 2.24) is 0 Å². The maximum absolute atomic E-state index is 10.7. The van der Waals surface area contributed by atoms with Crippen molar-refractivity contribution in [2.24, 2.45) is 0 Å². The van der Waals surface area contributed by atoms with Gasteiger partial charge in [0, 0.05) is 21.9 Å². The average molecular weight is 284 g/mol. The molecular weight excluding hydrogens is 264 g/mol. The van der Waals surface area contributed by atoms with E-state index in [0.717, 1.165) is 5.56 Å².